The molecule has 8 heteroatoms. The van der Waals surface area contributed by atoms with E-state index in [4.69, 9.17) is 5.10 Å². The molecule has 0 amide bonds. The normalized spacial score (nSPS) is 18.8. The Balaban J connectivity index is 1.30. The minimum atomic E-state index is 0.0115. The molecule has 3 aromatic rings. The van der Waals surface area contributed by atoms with Crippen molar-refractivity contribution in [2.75, 3.05) is 13.1 Å². The topological polar surface area (TPSA) is 77.0 Å². The summed E-state index contributed by atoms with van der Waals surface area (Å²) in [7, 11) is 0. The number of likely N-dealkylation sites (tertiary alicyclic amines) is 1. The van der Waals surface area contributed by atoms with Gasteiger partial charge in [-0.1, -0.05) is 20.8 Å². The predicted molar refractivity (Wildman–Crippen MR) is 105 cm³/mol. The van der Waals surface area contributed by atoms with Crippen LogP contribution in [0.2, 0.25) is 0 Å². The first-order chi connectivity index (χ1) is 13.5. The van der Waals surface area contributed by atoms with Gasteiger partial charge in [0.15, 0.2) is 11.5 Å². The smallest absolute Gasteiger partial charge is 0.177 e. The number of fused-ring (bicyclic) bond motifs is 2. The highest BCUT2D eigenvalue weighted by Crippen LogP contribution is 2.28. The van der Waals surface area contributed by atoms with Gasteiger partial charge in [0.05, 0.1) is 12.2 Å². The van der Waals surface area contributed by atoms with E-state index in [1.807, 2.05) is 10.6 Å². The SMILES string of the molecule is CC(C)(C)c1ccc2nnc(C3CCN(Cc4nnc5n4CCC5)CC3)n2n1. The highest BCUT2D eigenvalue weighted by atomic mass is 15.4. The summed E-state index contributed by atoms with van der Waals surface area (Å²) in [5, 5.41) is 22.4. The Morgan fingerprint density at radius 1 is 1.00 bits per heavy atom. The molecule has 1 saturated heterocycles. The van der Waals surface area contributed by atoms with Crippen LogP contribution < -0.4 is 0 Å². The number of aromatic nitrogens is 7. The molecule has 0 aromatic carbocycles. The van der Waals surface area contributed by atoms with Crippen LogP contribution >= 0.6 is 0 Å². The first-order valence-corrected chi connectivity index (χ1v) is 10.4. The average molecular weight is 381 g/mol. The Kier molecular flexibility index (Phi) is 4.19. The van der Waals surface area contributed by atoms with Crippen LogP contribution in [0.25, 0.3) is 5.65 Å². The molecule has 2 aliphatic heterocycles. The molecular formula is C20H28N8. The van der Waals surface area contributed by atoms with E-state index < -0.39 is 0 Å². The minimum absolute atomic E-state index is 0.0115. The summed E-state index contributed by atoms with van der Waals surface area (Å²) < 4.78 is 4.27. The lowest BCUT2D eigenvalue weighted by Crippen LogP contribution is -2.34. The Bertz CT molecular complexity index is 987. The average Bonchev–Trinajstić information content (AvgIpc) is 3.38. The zero-order valence-electron chi connectivity index (χ0n) is 17.0. The monoisotopic (exact) mass is 380 g/mol. The van der Waals surface area contributed by atoms with Crippen molar-refractivity contribution in [3.63, 3.8) is 0 Å². The fourth-order valence-electron chi connectivity index (χ4n) is 4.34. The second kappa shape index (κ2) is 6.62. The molecule has 0 N–H and O–H groups in total. The Labute approximate surface area is 165 Å². The standard InChI is InChI=1S/C20H28N8/c1-20(2,3)15-6-7-17-22-24-19(28(17)25-15)14-8-11-26(12-9-14)13-18-23-21-16-5-4-10-27(16)18/h6-7,14H,4-5,8-13H2,1-3H3. The predicted octanol–water partition coefficient (Wildman–Crippen LogP) is 2.34. The van der Waals surface area contributed by atoms with Crippen LogP contribution in [0.1, 0.15) is 69.1 Å². The van der Waals surface area contributed by atoms with Gasteiger partial charge in [-0.25, -0.2) is 0 Å². The largest absolute Gasteiger partial charge is 0.314 e. The number of nitrogens with zero attached hydrogens (tertiary/aromatic N) is 8. The van der Waals surface area contributed by atoms with Crippen molar-refractivity contribution in [2.45, 2.75) is 70.9 Å². The summed E-state index contributed by atoms with van der Waals surface area (Å²) in [4.78, 5) is 2.49. The number of hydrogen-bond donors (Lipinski definition) is 0. The van der Waals surface area contributed by atoms with Crippen molar-refractivity contribution >= 4 is 5.65 Å². The zero-order valence-corrected chi connectivity index (χ0v) is 17.0. The molecule has 8 nitrogen and oxygen atoms in total. The van der Waals surface area contributed by atoms with Crippen LogP contribution in [0, 0.1) is 0 Å². The molecule has 0 aliphatic carbocycles. The summed E-state index contributed by atoms with van der Waals surface area (Å²) in [5.74, 6) is 3.68. The number of piperidine rings is 1. The fourth-order valence-corrected chi connectivity index (χ4v) is 4.34. The van der Waals surface area contributed by atoms with E-state index in [-0.39, 0.29) is 5.41 Å². The van der Waals surface area contributed by atoms with Gasteiger partial charge in [0.25, 0.3) is 0 Å². The lowest BCUT2D eigenvalue weighted by atomic mass is 9.92. The number of hydrogen-bond acceptors (Lipinski definition) is 6. The summed E-state index contributed by atoms with van der Waals surface area (Å²) in [6.45, 7) is 10.6. The van der Waals surface area contributed by atoms with Crippen molar-refractivity contribution in [3.05, 3.63) is 35.3 Å². The molecule has 3 aromatic heterocycles. The van der Waals surface area contributed by atoms with Gasteiger partial charge >= 0.3 is 0 Å². The molecular weight excluding hydrogens is 352 g/mol. The molecule has 0 radical (unpaired) electrons. The van der Waals surface area contributed by atoms with Gasteiger partial charge in [-0.15, -0.1) is 20.4 Å². The van der Waals surface area contributed by atoms with Crippen molar-refractivity contribution < 1.29 is 0 Å². The van der Waals surface area contributed by atoms with E-state index in [0.717, 1.165) is 74.3 Å². The molecule has 1 fully saturated rings. The van der Waals surface area contributed by atoms with Crippen LogP contribution in [-0.2, 0) is 24.9 Å². The van der Waals surface area contributed by atoms with Crippen LogP contribution in [-0.4, -0.2) is 52.6 Å². The highest BCUT2D eigenvalue weighted by Gasteiger charge is 2.27. The van der Waals surface area contributed by atoms with Crippen molar-refractivity contribution in [1.29, 1.82) is 0 Å². The summed E-state index contributed by atoms with van der Waals surface area (Å²) in [6.07, 6.45) is 4.41. The second-order valence-electron chi connectivity index (χ2n) is 9.13. The molecule has 5 heterocycles. The highest BCUT2D eigenvalue weighted by molar-refractivity contribution is 5.37. The maximum Gasteiger partial charge on any atom is 0.177 e. The molecule has 0 unspecified atom stereocenters. The minimum Gasteiger partial charge on any atom is -0.314 e. The first kappa shape index (κ1) is 17.7. The van der Waals surface area contributed by atoms with Crippen LogP contribution in [0.5, 0.6) is 0 Å². The molecule has 28 heavy (non-hydrogen) atoms. The third-order valence-corrected chi connectivity index (χ3v) is 6.06. The zero-order chi connectivity index (χ0) is 19.3. The van der Waals surface area contributed by atoms with Gasteiger partial charge in [0.1, 0.15) is 11.6 Å². The summed E-state index contributed by atoms with van der Waals surface area (Å²) >= 11 is 0. The summed E-state index contributed by atoms with van der Waals surface area (Å²) in [5.41, 5.74) is 1.92. The van der Waals surface area contributed by atoms with Gasteiger partial charge in [0.2, 0.25) is 0 Å². The van der Waals surface area contributed by atoms with Crippen molar-refractivity contribution in [1.82, 2.24) is 39.5 Å². The van der Waals surface area contributed by atoms with E-state index in [2.05, 4.69) is 56.7 Å². The van der Waals surface area contributed by atoms with E-state index in [0.29, 0.717) is 5.92 Å². The van der Waals surface area contributed by atoms with Crippen molar-refractivity contribution in [2.24, 2.45) is 0 Å². The van der Waals surface area contributed by atoms with Gasteiger partial charge in [-0.3, -0.25) is 4.90 Å². The third-order valence-electron chi connectivity index (χ3n) is 6.06. The lowest BCUT2D eigenvalue weighted by molar-refractivity contribution is 0.194. The molecule has 5 rings (SSSR count). The second-order valence-corrected chi connectivity index (χ2v) is 9.13. The van der Waals surface area contributed by atoms with E-state index >= 15 is 0 Å². The number of rotatable bonds is 3. The van der Waals surface area contributed by atoms with Crippen LogP contribution in [0.3, 0.4) is 0 Å². The molecule has 0 spiro atoms. The number of aryl methyl sites for hydroxylation is 1. The molecule has 0 saturated carbocycles. The van der Waals surface area contributed by atoms with Gasteiger partial charge < -0.3 is 4.57 Å². The van der Waals surface area contributed by atoms with Gasteiger partial charge in [0, 0.05) is 24.3 Å². The Hall–Kier alpha value is -2.35. The lowest BCUT2D eigenvalue weighted by Gasteiger charge is -2.30. The molecule has 0 atom stereocenters. The summed E-state index contributed by atoms with van der Waals surface area (Å²) in [6, 6.07) is 4.10. The van der Waals surface area contributed by atoms with Crippen molar-refractivity contribution in [3.8, 4) is 0 Å². The van der Waals surface area contributed by atoms with E-state index in [1.54, 1.807) is 0 Å². The Morgan fingerprint density at radius 3 is 2.61 bits per heavy atom. The van der Waals surface area contributed by atoms with E-state index in [1.165, 1.54) is 6.42 Å². The van der Waals surface area contributed by atoms with Gasteiger partial charge in [-0.2, -0.15) is 9.61 Å². The van der Waals surface area contributed by atoms with Gasteiger partial charge in [-0.05, 0) is 44.5 Å². The van der Waals surface area contributed by atoms with Crippen LogP contribution in [0.4, 0.5) is 0 Å². The van der Waals surface area contributed by atoms with Crippen LogP contribution in [0.15, 0.2) is 12.1 Å². The maximum atomic E-state index is 4.86. The Morgan fingerprint density at radius 2 is 1.82 bits per heavy atom. The van der Waals surface area contributed by atoms with E-state index in [9.17, 15) is 0 Å². The molecule has 0 bridgehead atoms. The molecule has 2 aliphatic rings. The fraction of sp³-hybridized carbons (Fsp3) is 0.650. The first-order valence-electron chi connectivity index (χ1n) is 10.4. The molecule has 148 valence electrons. The quantitative estimate of drug-likeness (QED) is 0.694. The maximum absolute atomic E-state index is 4.86. The third kappa shape index (κ3) is 3.09.